The Labute approximate surface area is 181 Å². The SMILES string of the molecule is C#Cc1ccc(CNC=O)c(OC(F)F)c1.CC(C)(C)CC(=O)N1CCC(O)C1.NN. The number of benzene rings is 1. The first kappa shape index (κ1) is 28.3. The number of amides is 2. The van der Waals surface area contributed by atoms with Crippen LogP contribution in [0.15, 0.2) is 18.2 Å². The van der Waals surface area contributed by atoms with Crippen LogP contribution in [0.5, 0.6) is 5.75 Å². The third-order valence-electron chi connectivity index (χ3n) is 4.02. The summed E-state index contributed by atoms with van der Waals surface area (Å²) in [7, 11) is 0. The molecule has 0 spiro atoms. The van der Waals surface area contributed by atoms with Gasteiger partial charge in [0.15, 0.2) is 0 Å². The Morgan fingerprint density at radius 3 is 2.55 bits per heavy atom. The van der Waals surface area contributed by atoms with Gasteiger partial charge >= 0.3 is 6.61 Å². The fraction of sp³-hybridized carbons (Fsp3) is 0.524. The molecule has 0 radical (unpaired) electrons. The molecule has 1 heterocycles. The summed E-state index contributed by atoms with van der Waals surface area (Å²) in [5.74, 6) is 10.5. The number of likely N-dealkylation sites (tertiary alicyclic amines) is 1. The molecule has 1 saturated heterocycles. The van der Waals surface area contributed by atoms with Crippen molar-refractivity contribution in [3.63, 3.8) is 0 Å². The highest BCUT2D eigenvalue weighted by molar-refractivity contribution is 5.77. The number of hydrazine groups is 1. The van der Waals surface area contributed by atoms with Crippen LogP contribution in [0.3, 0.4) is 0 Å². The average molecular weight is 443 g/mol. The van der Waals surface area contributed by atoms with Crippen molar-refractivity contribution in [2.24, 2.45) is 17.1 Å². The molecule has 8 nitrogen and oxygen atoms in total. The van der Waals surface area contributed by atoms with E-state index in [1.165, 1.54) is 12.1 Å². The number of carbonyl (C=O) groups excluding carboxylic acids is 2. The zero-order valence-corrected chi connectivity index (χ0v) is 18.1. The van der Waals surface area contributed by atoms with Crippen LogP contribution in [0.4, 0.5) is 8.78 Å². The Kier molecular flexibility index (Phi) is 13.0. The highest BCUT2D eigenvalue weighted by atomic mass is 19.3. The van der Waals surface area contributed by atoms with Gasteiger partial charge in [-0.15, -0.1) is 6.42 Å². The lowest BCUT2D eigenvalue weighted by Crippen LogP contribution is -2.32. The topological polar surface area (TPSA) is 131 Å². The van der Waals surface area contributed by atoms with Gasteiger partial charge in [-0.25, -0.2) is 0 Å². The van der Waals surface area contributed by atoms with Gasteiger partial charge in [0, 0.05) is 37.2 Å². The molecular formula is C21H32F2N4O4. The van der Waals surface area contributed by atoms with Crippen LogP contribution in [0.2, 0.25) is 0 Å². The molecular weight excluding hydrogens is 410 g/mol. The van der Waals surface area contributed by atoms with E-state index in [4.69, 9.17) is 6.42 Å². The minimum Gasteiger partial charge on any atom is -0.434 e. The number of nitrogens with zero attached hydrogens (tertiary/aromatic N) is 1. The summed E-state index contributed by atoms with van der Waals surface area (Å²) in [4.78, 5) is 23.5. The first-order chi connectivity index (χ1) is 14.6. The number of alkyl halides is 2. The number of hydrogen-bond donors (Lipinski definition) is 4. The molecule has 31 heavy (non-hydrogen) atoms. The maximum absolute atomic E-state index is 12.1. The molecule has 1 atom stereocenters. The van der Waals surface area contributed by atoms with Crippen LogP contribution >= 0.6 is 0 Å². The smallest absolute Gasteiger partial charge is 0.387 e. The number of hydrogen-bond acceptors (Lipinski definition) is 6. The summed E-state index contributed by atoms with van der Waals surface area (Å²) in [5.41, 5.74) is 0.918. The van der Waals surface area contributed by atoms with Crippen molar-refractivity contribution in [2.45, 2.75) is 52.9 Å². The number of carbonyl (C=O) groups is 2. The number of nitrogens with one attached hydrogen (secondary N) is 1. The van der Waals surface area contributed by atoms with Crippen LogP contribution in [-0.4, -0.2) is 48.1 Å². The molecule has 0 aromatic heterocycles. The molecule has 1 aromatic rings. The summed E-state index contributed by atoms with van der Waals surface area (Å²) in [5, 5.41) is 11.6. The van der Waals surface area contributed by atoms with E-state index in [1.54, 1.807) is 11.0 Å². The molecule has 1 aromatic carbocycles. The molecule has 1 aliphatic heterocycles. The number of rotatable bonds is 6. The van der Waals surface area contributed by atoms with Crippen molar-refractivity contribution in [1.82, 2.24) is 10.2 Å². The molecule has 10 heteroatoms. The van der Waals surface area contributed by atoms with Crippen molar-refractivity contribution in [2.75, 3.05) is 13.1 Å². The van der Waals surface area contributed by atoms with E-state index in [-0.39, 0.29) is 29.7 Å². The zero-order chi connectivity index (χ0) is 24.0. The van der Waals surface area contributed by atoms with Crippen LogP contribution in [0.1, 0.15) is 44.7 Å². The third kappa shape index (κ3) is 11.9. The first-order valence-electron chi connectivity index (χ1n) is 9.56. The van der Waals surface area contributed by atoms with E-state index in [2.05, 4.69) is 48.4 Å². The number of aliphatic hydroxyl groups is 1. The van der Waals surface area contributed by atoms with Crippen molar-refractivity contribution < 1.29 is 28.2 Å². The quantitative estimate of drug-likeness (QED) is 0.228. The van der Waals surface area contributed by atoms with Gasteiger partial charge in [-0.1, -0.05) is 32.8 Å². The second-order valence-corrected chi connectivity index (χ2v) is 7.86. The Hall–Kier alpha value is -2.74. The predicted molar refractivity (Wildman–Crippen MR) is 114 cm³/mol. The standard InChI is InChI=1S/C11H9F2NO2.C10H19NO2.H4N2/c1-2-8-3-4-9(6-14-7-15)10(5-8)16-11(12)13;1-10(2,3)6-9(13)11-5-4-8(12)7-11;1-2/h1,3-5,7,11H,6H2,(H,14,15);8,12H,4-7H2,1-3H3;1-2H2. The van der Waals surface area contributed by atoms with Crippen molar-refractivity contribution >= 4 is 12.3 Å². The van der Waals surface area contributed by atoms with Crippen molar-refractivity contribution in [3.05, 3.63) is 29.3 Å². The summed E-state index contributed by atoms with van der Waals surface area (Å²) in [6, 6.07) is 4.44. The number of nitrogens with two attached hydrogens (primary N) is 2. The largest absolute Gasteiger partial charge is 0.434 e. The first-order valence-corrected chi connectivity index (χ1v) is 9.56. The van der Waals surface area contributed by atoms with Crippen LogP contribution in [-0.2, 0) is 16.1 Å². The second kappa shape index (κ2) is 14.3. The van der Waals surface area contributed by atoms with Gasteiger partial charge in [0.2, 0.25) is 12.3 Å². The summed E-state index contributed by atoms with van der Waals surface area (Å²) in [6.07, 6.45) is 6.61. The van der Waals surface area contributed by atoms with Gasteiger partial charge in [0.05, 0.1) is 6.10 Å². The number of aliphatic hydroxyl groups excluding tert-OH is 1. The maximum Gasteiger partial charge on any atom is 0.387 e. The van der Waals surface area contributed by atoms with Crippen LogP contribution in [0.25, 0.3) is 0 Å². The van der Waals surface area contributed by atoms with Gasteiger partial charge in [0.1, 0.15) is 5.75 Å². The third-order valence-corrected chi connectivity index (χ3v) is 4.02. The lowest BCUT2D eigenvalue weighted by Gasteiger charge is -2.22. The van der Waals surface area contributed by atoms with Gasteiger partial charge in [-0.3, -0.25) is 21.3 Å². The molecule has 2 rings (SSSR count). The highest BCUT2D eigenvalue weighted by Gasteiger charge is 2.27. The molecule has 1 aliphatic rings. The van der Waals surface area contributed by atoms with Crippen molar-refractivity contribution in [3.8, 4) is 18.1 Å². The van der Waals surface area contributed by atoms with Gasteiger partial charge in [-0.05, 0) is 24.0 Å². The number of β-amino-alcohol motifs (C(OH)–C–C–N with tert-alkyl or cyclic N) is 1. The number of halogens is 2. The lowest BCUT2D eigenvalue weighted by molar-refractivity contribution is -0.132. The van der Waals surface area contributed by atoms with Crippen molar-refractivity contribution in [1.29, 1.82) is 0 Å². The number of ether oxygens (including phenoxy) is 1. The highest BCUT2D eigenvalue weighted by Crippen LogP contribution is 2.23. The lowest BCUT2D eigenvalue weighted by atomic mass is 9.92. The Bertz CT molecular complexity index is 733. The summed E-state index contributed by atoms with van der Waals surface area (Å²) in [6.45, 7) is 4.58. The predicted octanol–water partition coefficient (Wildman–Crippen LogP) is 1.35. The minimum absolute atomic E-state index is 0.0280. The molecule has 1 fully saturated rings. The molecule has 0 saturated carbocycles. The molecule has 0 bridgehead atoms. The van der Waals surface area contributed by atoms with Gasteiger partial charge in [0.25, 0.3) is 0 Å². The normalized spacial score (nSPS) is 15.1. The van der Waals surface area contributed by atoms with Crippen LogP contribution < -0.4 is 21.7 Å². The van der Waals surface area contributed by atoms with Crippen LogP contribution in [0, 0.1) is 17.8 Å². The van der Waals surface area contributed by atoms with Gasteiger partial charge in [-0.2, -0.15) is 8.78 Å². The Balaban J connectivity index is 0.000000547. The Morgan fingerprint density at radius 2 is 2.10 bits per heavy atom. The number of terminal acetylenes is 1. The Morgan fingerprint density at radius 1 is 1.45 bits per heavy atom. The molecule has 6 N–H and O–H groups in total. The maximum atomic E-state index is 12.1. The molecule has 0 aliphatic carbocycles. The molecule has 2 amide bonds. The second-order valence-electron chi connectivity index (χ2n) is 7.86. The van der Waals surface area contributed by atoms with E-state index in [0.29, 0.717) is 30.5 Å². The summed E-state index contributed by atoms with van der Waals surface area (Å²) < 4.78 is 28.5. The average Bonchev–Trinajstić information content (AvgIpc) is 3.14. The minimum atomic E-state index is -2.93. The summed E-state index contributed by atoms with van der Waals surface area (Å²) >= 11 is 0. The molecule has 1 unspecified atom stereocenters. The fourth-order valence-electron chi connectivity index (χ4n) is 2.68. The fourth-order valence-corrected chi connectivity index (χ4v) is 2.68. The van der Waals surface area contributed by atoms with E-state index in [9.17, 15) is 23.5 Å². The van der Waals surface area contributed by atoms with E-state index in [1.807, 2.05) is 0 Å². The van der Waals surface area contributed by atoms with E-state index < -0.39 is 6.61 Å². The monoisotopic (exact) mass is 442 g/mol. The van der Waals surface area contributed by atoms with E-state index >= 15 is 0 Å². The van der Waals surface area contributed by atoms with Gasteiger partial charge < -0.3 is 20.1 Å². The zero-order valence-electron chi connectivity index (χ0n) is 18.1. The van der Waals surface area contributed by atoms with E-state index in [0.717, 1.165) is 13.0 Å². The molecule has 174 valence electrons.